The Morgan fingerprint density at radius 2 is 2.15 bits per heavy atom. The van der Waals surface area contributed by atoms with Crippen molar-refractivity contribution in [1.82, 2.24) is 5.32 Å². The van der Waals surface area contributed by atoms with Gasteiger partial charge in [-0.1, -0.05) is 35.5 Å². The van der Waals surface area contributed by atoms with Crippen LogP contribution in [-0.2, 0) is 9.63 Å². The highest BCUT2D eigenvalue weighted by molar-refractivity contribution is 5.78. The standard InChI is InChI=1S/C9H10N2O2/c12-7-10-8-13-11-6-9-4-2-1-3-5-9/h1-7H,8H2,(H,10,12)/b11-6+. The van der Waals surface area contributed by atoms with E-state index in [1.54, 1.807) is 6.21 Å². The molecule has 0 spiro atoms. The lowest BCUT2D eigenvalue weighted by atomic mass is 10.2. The van der Waals surface area contributed by atoms with Crippen LogP contribution in [0.4, 0.5) is 0 Å². The van der Waals surface area contributed by atoms with Crippen LogP contribution in [0.3, 0.4) is 0 Å². The molecule has 4 nitrogen and oxygen atoms in total. The van der Waals surface area contributed by atoms with Crippen molar-refractivity contribution >= 4 is 12.6 Å². The lowest BCUT2D eigenvalue weighted by Gasteiger charge is -1.95. The van der Waals surface area contributed by atoms with Crippen LogP contribution < -0.4 is 5.32 Å². The fourth-order valence-electron chi connectivity index (χ4n) is 0.746. The molecular weight excluding hydrogens is 168 g/mol. The highest BCUT2D eigenvalue weighted by Gasteiger charge is 1.83. The van der Waals surface area contributed by atoms with Crippen molar-refractivity contribution in [1.29, 1.82) is 0 Å². The van der Waals surface area contributed by atoms with Gasteiger partial charge in [-0.15, -0.1) is 0 Å². The third-order valence-electron chi connectivity index (χ3n) is 1.31. The monoisotopic (exact) mass is 178 g/mol. The van der Waals surface area contributed by atoms with E-state index >= 15 is 0 Å². The minimum atomic E-state index is 0.0901. The molecule has 68 valence electrons. The molecule has 0 heterocycles. The average molecular weight is 178 g/mol. The summed E-state index contributed by atoms with van der Waals surface area (Å²) in [6.07, 6.45) is 2.13. The molecule has 1 amide bonds. The Hall–Kier alpha value is -1.84. The van der Waals surface area contributed by atoms with E-state index in [2.05, 4.69) is 10.5 Å². The zero-order valence-electron chi connectivity index (χ0n) is 7.01. The molecule has 1 N–H and O–H groups in total. The van der Waals surface area contributed by atoms with Gasteiger partial charge in [-0.05, 0) is 5.56 Å². The van der Waals surface area contributed by atoms with Gasteiger partial charge in [-0.2, -0.15) is 0 Å². The lowest BCUT2D eigenvalue weighted by molar-refractivity contribution is -0.111. The molecule has 0 radical (unpaired) electrons. The second-order valence-corrected chi connectivity index (χ2v) is 2.24. The van der Waals surface area contributed by atoms with Crippen molar-refractivity contribution in [3.05, 3.63) is 35.9 Å². The van der Waals surface area contributed by atoms with Gasteiger partial charge >= 0.3 is 0 Å². The normalized spacial score (nSPS) is 9.85. The molecule has 0 aromatic heterocycles. The summed E-state index contributed by atoms with van der Waals surface area (Å²) >= 11 is 0. The van der Waals surface area contributed by atoms with E-state index in [9.17, 15) is 4.79 Å². The summed E-state index contributed by atoms with van der Waals surface area (Å²) in [6.45, 7) is 0.0901. The minimum Gasteiger partial charge on any atom is -0.374 e. The van der Waals surface area contributed by atoms with Crippen LogP contribution in [-0.4, -0.2) is 19.4 Å². The first-order valence-electron chi connectivity index (χ1n) is 3.81. The SMILES string of the molecule is O=CNCO/N=C/c1ccccc1. The van der Waals surface area contributed by atoms with Crippen LogP contribution >= 0.6 is 0 Å². The Labute approximate surface area is 76.2 Å². The number of amides is 1. The van der Waals surface area contributed by atoms with Crippen LogP contribution in [0.2, 0.25) is 0 Å². The Morgan fingerprint density at radius 1 is 1.38 bits per heavy atom. The number of nitrogens with zero attached hydrogens (tertiary/aromatic N) is 1. The van der Waals surface area contributed by atoms with Crippen LogP contribution in [0.25, 0.3) is 0 Å². The average Bonchev–Trinajstić information content (AvgIpc) is 2.19. The molecule has 0 aliphatic heterocycles. The topological polar surface area (TPSA) is 50.7 Å². The second kappa shape index (κ2) is 5.77. The van der Waals surface area contributed by atoms with Crippen molar-refractivity contribution in [3.63, 3.8) is 0 Å². The van der Waals surface area contributed by atoms with E-state index < -0.39 is 0 Å². The van der Waals surface area contributed by atoms with Gasteiger partial charge in [0.05, 0.1) is 6.21 Å². The fourth-order valence-corrected chi connectivity index (χ4v) is 0.746. The van der Waals surface area contributed by atoms with E-state index in [4.69, 9.17) is 4.84 Å². The Kier molecular flexibility index (Phi) is 4.10. The van der Waals surface area contributed by atoms with E-state index in [-0.39, 0.29) is 6.73 Å². The minimum absolute atomic E-state index is 0.0901. The first-order chi connectivity index (χ1) is 6.43. The number of carbonyl (C=O) groups is 1. The van der Waals surface area contributed by atoms with Gasteiger partial charge < -0.3 is 10.2 Å². The summed E-state index contributed by atoms with van der Waals surface area (Å²) in [6, 6.07) is 9.54. The highest BCUT2D eigenvalue weighted by atomic mass is 16.6. The molecule has 0 aliphatic carbocycles. The van der Waals surface area contributed by atoms with Crippen LogP contribution in [0.15, 0.2) is 35.5 Å². The van der Waals surface area contributed by atoms with E-state index in [1.165, 1.54) is 0 Å². The molecule has 13 heavy (non-hydrogen) atoms. The van der Waals surface area contributed by atoms with Gasteiger partial charge in [0.2, 0.25) is 6.41 Å². The predicted octanol–water partition coefficient (Wildman–Crippen LogP) is 0.741. The van der Waals surface area contributed by atoms with Crippen molar-refractivity contribution < 1.29 is 9.63 Å². The quantitative estimate of drug-likeness (QED) is 0.238. The summed E-state index contributed by atoms with van der Waals surface area (Å²) in [5, 5.41) is 5.95. The molecule has 0 saturated carbocycles. The maximum absolute atomic E-state index is 9.80. The Morgan fingerprint density at radius 3 is 2.85 bits per heavy atom. The molecule has 0 fully saturated rings. The van der Waals surface area contributed by atoms with Crippen molar-refractivity contribution in [2.24, 2.45) is 5.16 Å². The third kappa shape index (κ3) is 3.91. The van der Waals surface area contributed by atoms with Gasteiger partial charge in [0.1, 0.15) is 0 Å². The van der Waals surface area contributed by atoms with Gasteiger partial charge in [0.15, 0.2) is 6.73 Å². The number of hydrogen-bond acceptors (Lipinski definition) is 3. The summed E-state index contributed by atoms with van der Waals surface area (Å²) < 4.78 is 0. The molecule has 0 unspecified atom stereocenters. The second-order valence-electron chi connectivity index (χ2n) is 2.24. The largest absolute Gasteiger partial charge is 0.374 e. The first-order valence-corrected chi connectivity index (χ1v) is 3.81. The zero-order valence-corrected chi connectivity index (χ0v) is 7.01. The summed E-state index contributed by atoms with van der Waals surface area (Å²) in [7, 11) is 0. The number of hydrogen-bond donors (Lipinski definition) is 1. The van der Waals surface area contributed by atoms with Gasteiger partial charge in [0.25, 0.3) is 0 Å². The third-order valence-corrected chi connectivity index (χ3v) is 1.31. The number of nitrogens with one attached hydrogen (secondary N) is 1. The van der Waals surface area contributed by atoms with Crippen LogP contribution in [0.1, 0.15) is 5.56 Å². The van der Waals surface area contributed by atoms with Crippen LogP contribution in [0.5, 0.6) is 0 Å². The Balaban J connectivity index is 2.28. The maximum atomic E-state index is 9.80. The number of oxime groups is 1. The molecule has 0 atom stereocenters. The molecule has 0 saturated heterocycles. The summed E-state index contributed by atoms with van der Waals surface area (Å²) in [5.74, 6) is 0. The summed E-state index contributed by atoms with van der Waals surface area (Å²) in [5.41, 5.74) is 0.952. The smallest absolute Gasteiger partial charge is 0.209 e. The molecule has 0 bridgehead atoms. The number of benzene rings is 1. The zero-order chi connectivity index (χ0) is 9.36. The fraction of sp³-hybridized carbons (Fsp3) is 0.111. The first kappa shape index (κ1) is 9.25. The molecule has 1 aromatic carbocycles. The van der Waals surface area contributed by atoms with Gasteiger partial charge in [-0.3, -0.25) is 4.79 Å². The predicted molar refractivity (Wildman–Crippen MR) is 49.2 cm³/mol. The Bertz CT molecular complexity index is 272. The van der Waals surface area contributed by atoms with Crippen LogP contribution in [0, 0.1) is 0 Å². The molecular formula is C9H10N2O2. The lowest BCUT2D eigenvalue weighted by Crippen LogP contribution is -2.12. The van der Waals surface area contributed by atoms with Gasteiger partial charge in [-0.25, -0.2) is 0 Å². The number of rotatable bonds is 5. The molecule has 0 aliphatic rings. The van der Waals surface area contributed by atoms with Crippen molar-refractivity contribution in [2.45, 2.75) is 0 Å². The number of carbonyl (C=O) groups excluding carboxylic acids is 1. The van der Waals surface area contributed by atoms with E-state index in [0.717, 1.165) is 5.56 Å². The van der Waals surface area contributed by atoms with Gasteiger partial charge in [0, 0.05) is 0 Å². The molecule has 1 aromatic rings. The van der Waals surface area contributed by atoms with Crippen molar-refractivity contribution in [2.75, 3.05) is 6.73 Å². The highest BCUT2D eigenvalue weighted by Crippen LogP contribution is 1.93. The van der Waals surface area contributed by atoms with Crippen molar-refractivity contribution in [3.8, 4) is 0 Å². The summed E-state index contributed by atoms with van der Waals surface area (Å²) in [4.78, 5) is 14.5. The molecule has 4 heteroatoms. The molecule has 1 rings (SSSR count). The maximum Gasteiger partial charge on any atom is 0.209 e. The van der Waals surface area contributed by atoms with E-state index in [0.29, 0.717) is 6.41 Å². The van der Waals surface area contributed by atoms with E-state index in [1.807, 2.05) is 30.3 Å².